The van der Waals surface area contributed by atoms with E-state index in [0.29, 0.717) is 37.1 Å². The first-order valence-corrected chi connectivity index (χ1v) is 30.2. The third kappa shape index (κ3) is 35.4. The number of ether oxygens (including phenoxy) is 4. The quantitative estimate of drug-likeness (QED) is 0.0631. The molecule has 0 aliphatic rings. The number of carbonyl (C=O) groups is 2. The van der Waals surface area contributed by atoms with Crippen molar-refractivity contribution in [2.75, 3.05) is 19.8 Å². The van der Waals surface area contributed by atoms with Gasteiger partial charge >= 0.3 is 11.9 Å². The smallest absolute Gasteiger partial charge is 0.335 e. The van der Waals surface area contributed by atoms with Gasteiger partial charge in [0.2, 0.25) is 5.75 Å². The molecule has 0 radical (unpaired) electrons. The van der Waals surface area contributed by atoms with Gasteiger partial charge in [0.25, 0.3) is 0 Å². The molecule has 0 bridgehead atoms. The van der Waals surface area contributed by atoms with Crippen LogP contribution in [-0.4, -0.2) is 42.0 Å². The lowest BCUT2D eigenvalue weighted by Gasteiger charge is -2.19. The van der Waals surface area contributed by atoms with Gasteiger partial charge in [0.05, 0.1) is 30.9 Å². The van der Waals surface area contributed by atoms with Crippen molar-refractivity contribution in [2.24, 2.45) is 0 Å². The van der Waals surface area contributed by atoms with E-state index in [4.69, 9.17) is 18.9 Å². The summed E-state index contributed by atoms with van der Waals surface area (Å²) in [6.45, 7) is 8.63. The molecule has 408 valence electrons. The number of aromatic carboxylic acids is 2. The Kier molecular flexibility index (Phi) is 41.6. The summed E-state index contributed by atoms with van der Waals surface area (Å²) in [5, 5.41) is 19.4. The van der Waals surface area contributed by atoms with Gasteiger partial charge in [0.15, 0.2) is 11.5 Å². The second kappa shape index (κ2) is 46.4. The first-order chi connectivity index (χ1) is 34.9. The van der Waals surface area contributed by atoms with E-state index < -0.39 is 11.9 Å². The largest absolute Gasteiger partial charge is 0.490 e. The summed E-state index contributed by atoms with van der Waals surface area (Å²) in [5.74, 6) is -0.344. The molecule has 0 aliphatic heterocycles. The standard InChI is InChI=1S/C63H108O8/c1-4-7-10-13-16-19-22-25-28-31-34-37-40-43-46-68-59-49-55(54-71-58-52-56(62(64)65)51-57(53-58)63(66)67)50-60(69-47-44-41-38-35-32-29-26-23-20-17-14-11-8-5-2)61(59)70-48-45-42-39-36-33-30-27-24-21-18-15-12-9-6-3/h49-53H,4-48,54H2,1-3H3,(H,64,65)(H,66,67). The van der Waals surface area contributed by atoms with Gasteiger partial charge in [-0.25, -0.2) is 9.59 Å². The van der Waals surface area contributed by atoms with Crippen LogP contribution in [0.15, 0.2) is 30.3 Å². The lowest BCUT2D eigenvalue weighted by atomic mass is 10.0. The van der Waals surface area contributed by atoms with E-state index in [1.807, 2.05) is 12.1 Å². The molecule has 0 saturated carbocycles. The molecule has 0 saturated heterocycles. The predicted molar refractivity (Wildman–Crippen MR) is 299 cm³/mol. The lowest BCUT2D eigenvalue weighted by Crippen LogP contribution is -2.08. The first kappa shape index (κ1) is 63.7. The molecule has 0 atom stereocenters. The maximum Gasteiger partial charge on any atom is 0.335 e. The fourth-order valence-corrected chi connectivity index (χ4v) is 9.60. The molecule has 0 heterocycles. The Balaban J connectivity index is 2.04. The maximum atomic E-state index is 11.8. The zero-order valence-corrected chi connectivity index (χ0v) is 46.3. The summed E-state index contributed by atoms with van der Waals surface area (Å²) < 4.78 is 25.8. The Morgan fingerprint density at radius 3 is 0.845 bits per heavy atom. The molecule has 8 heteroatoms. The van der Waals surface area contributed by atoms with Gasteiger partial charge in [-0.15, -0.1) is 0 Å². The van der Waals surface area contributed by atoms with Gasteiger partial charge in [0.1, 0.15) is 12.4 Å². The van der Waals surface area contributed by atoms with E-state index in [1.165, 1.54) is 243 Å². The highest BCUT2D eigenvalue weighted by Crippen LogP contribution is 2.40. The van der Waals surface area contributed by atoms with Crippen LogP contribution in [0.5, 0.6) is 23.0 Å². The van der Waals surface area contributed by atoms with Crippen LogP contribution in [0.1, 0.15) is 317 Å². The second-order valence-corrected chi connectivity index (χ2v) is 20.9. The fraction of sp³-hybridized carbons (Fsp3) is 0.778. The highest BCUT2D eigenvalue weighted by molar-refractivity contribution is 5.94. The number of hydrogen-bond donors (Lipinski definition) is 2. The van der Waals surface area contributed by atoms with Crippen molar-refractivity contribution in [1.82, 2.24) is 0 Å². The number of rotatable bonds is 53. The van der Waals surface area contributed by atoms with E-state index >= 15 is 0 Å². The Bertz CT molecular complexity index is 1470. The van der Waals surface area contributed by atoms with E-state index in [2.05, 4.69) is 20.8 Å². The summed E-state index contributed by atoms with van der Waals surface area (Å²) in [6, 6.07) is 7.77. The van der Waals surface area contributed by atoms with E-state index in [9.17, 15) is 19.8 Å². The van der Waals surface area contributed by atoms with E-state index in [-0.39, 0.29) is 23.5 Å². The van der Waals surface area contributed by atoms with Crippen molar-refractivity contribution in [2.45, 2.75) is 297 Å². The molecule has 2 N–H and O–H groups in total. The third-order valence-corrected chi connectivity index (χ3v) is 14.1. The van der Waals surface area contributed by atoms with Crippen LogP contribution in [-0.2, 0) is 6.61 Å². The predicted octanol–water partition coefficient (Wildman–Crippen LogP) is 20.2. The first-order valence-electron chi connectivity index (χ1n) is 30.2. The third-order valence-electron chi connectivity index (χ3n) is 14.1. The van der Waals surface area contributed by atoms with Gasteiger partial charge < -0.3 is 29.2 Å². The molecule has 0 aromatic heterocycles. The molecule has 0 fully saturated rings. The minimum Gasteiger partial charge on any atom is -0.490 e. The van der Waals surface area contributed by atoms with Crippen LogP contribution in [0, 0.1) is 0 Å². The number of hydrogen-bond acceptors (Lipinski definition) is 6. The summed E-state index contributed by atoms with van der Waals surface area (Å²) >= 11 is 0. The summed E-state index contributed by atoms with van der Waals surface area (Å²) in [4.78, 5) is 23.7. The summed E-state index contributed by atoms with van der Waals surface area (Å²) in [7, 11) is 0. The van der Waals surface area contributed by atoms with Gasteiger partial charge in [-0.2, -0.15) is 0 Å². The van der Waals surface area contributed by atoms with Crippen LogP contribution in [0.25, 0.3) is 0 Å². The number of unbranched alkanes of at least 4 members (excludes halogenated alkanes) is 39. The molecule has 71 heavy (non-hydrogen) atoms. The van der Waals surface area contributed by atoms with E-state index in [1.54, 1.807) is 0 Å². The molecular formula is C63H108O8. The normalized spacial score (nSPS) is 11.3. The Hall–Kier alpha value is -3.42. The number of carboxylic acid groups (broad SMARTS) is 2. The van der Waals surface area contributed by atoms with Gasteiger partial charge in [-0.3, -0.25) is 0 Å². The highest BCUT2D eigenvalue weighted by Gasteiger charge is 2.18. The van der Waals surface area contributed by atoms with E-state index in [0.717, 1.165) is 50.2 Å². The fourth-order valence-electron chi connectivity index (χ4n) is 9.60. The number of carboxylic acids is 2. The minimum atomic E-state index is -1.21. The molecule has 2 aromatic rings. The summed E-state index contributed by atoms with van der Waals surface area (Å²) in [5.41, 5.74) is 0.501. The zero-order chi connectivity index (χ0) is 51.1. The average molecular weight is 994 g/mol. The Morgan fingerprint density at radius 2 is 0.577 bits per heavy atom. The maximum absolute atomic E-state index is 11.8. The van der Waals surface area contributed by atoms with Crippen molar-refractivity contribution in [3.63, 3.8) is 0 Å². The molecule has 0 aliphatic carbocycles. The molecule has 8 nitrogen and oxygen atoms in total. The second-order valence-electron chi connectivity index (χ2n) is 20.9. The zero-order valence-electron chi connectivity index (χ0n) is 46.3. The molecule has 2 rings (SSSR count). The van der Waals surface area contributed by atoms with Crippen molar-refractivity contribution in [3.8, 4) is 23.0 Å². The van der Waals surface area contributed by atoms with Crippen molar-refractivity contribution in [1.29, 1.82) is 0 Å². The van der Waals surface area contributed by atoms with Crippen LogP contribution < -0.4 is 18.9 Å². The van der Waals surface area contributed by atoms with Crippen molar-refractivity contribution in [3.05, 3.63) is 47.0 Å². The molecule has 0 amide bonds. The lowest BCUT2D eigenvalue weighted by molar-refractivity contribution is 0.0696. The van der Waals surface area contributed by atoms with Gasteiger partial charge in [-0.05, 0) is 55.2 Å². The van der Waals surface area contributed by atoms with Gasteiger partial charge in [-0.1, -0.05) is 271 Å². The van der Waals surface area contributed by atoms with Crippen LogP contribution in [0.3, 0.4) is 0 Å². The number of benzene rings is 2. The topological polar surface area (TPSA) is 112 Å². The SMILES string of the molecule is CCCCCCCCCCCCCCCCOc1cc(COc2cc(C(=O)O)cc(C(=O)O)c2)cc(OCCCCCCCCCCCCCCCC)c1OCCCCCCCCCCCCCCCC. The van der Waals surface area contributed by atoms with Crippen LogP contribution in [0.2, 0.25) is 0 Å². The molecule has 2 aromatic carbocycles. The van der Waals surface area contributed by atoms with Crippen LogP contribution in [0.4, 0.5) is 0 Å². The average Bonchev–Trinajstić information content (AvgIpc) is 3.37. The van der Waals surface area contributed by atoms with Gasteiger partial charge in [0, 0.05) is 0 Å². The van der Waals surface area contributed by atoms with Crippen molar-refractivity contribution >= 4 is 11.9 Å². The minimum absolute atomic E-state index is 0.0752. The van der Waals surface area contributed by atoms with Crippen LogP contribution >= 0.6 is 0 Å². The summed E-state index contributed by atoms with van der Waals surface area (Å²) in [6.07, 6.45) is 54.6. The molecule has 0 unspecified atom stereocenters. The highest BCUT2D eigenvalue weighted by atomic mass is 16.5. The molecule has 0 spiro atoms. The monoisotopic (exact) mass is 993 g/mol. The Morgan fingerprint density at radius 1 is 0.324 bits per heavy atom. The van der Waals surface area contributed by atoms with Crippen molar-refractivity contribution < 1.29 is 38.7 Å². The molecular weight excluding hydrogens is 885 g/mol. The Labute approximate surface area is 435 Å².